The van der Waals surface area contributed by atoms with Gasteiger partial charge in [-0.2, -0.15) is 0 Å². The van der Waals surface area contributed by atoms with Gasteiger partial charge in [0.1, 0.15) is 0 Å². The Bertz CT molecular complexity index is 428. The molecule has 3 heteroatoms. The Hall–Kier alpha value is -1.06. The van der Waals surface area contributed by atoms with Crippen molar-refractivity contribution in [1.82, 2.24) is 4.90 Å². The summed E-state index contributed by atoms with van der Waals surface area (Å²) in [6, 6.07) is 9.20. The van der Waals surface area contributed by atoms with Gasteiger partial charge in [-0.05, 0) is 52.4 Å². The van der Waals surface area contributed by atoms with Crippen LogP contribution < -0.4 is 10.6 Å². The van der Waals surface area contributed by atoms with Gasteiger partial charge in [0.2, 0.25) is 0 Å². The van der Waals surface area contributed by atoms with E-state index in [0.29, 0.717) is 6.04 Å². The Morgan fingerprint density at radius 3 is 2.63 bits per heavy atom. The number of nitrogens with two attached hydrogens (primary N) is 1. The van der Waals surface area contributed by atoms with E-state index >= 15 is 0 Å². The van der Waals surface area contributed by atoms with Gasteiger partial charge in [0.05, 0.1) is 0 Å². The summed E-state index contributed by atoms with van der Waals surface area (Å²) in [4.78, 5) is 5.02. The molecule has 0 spiro atoms. The summed E-state index contributed by atoms with van der Waals surface area (Å²) in [5.41, 5.74) is 8.68. The SMILES string of the molecule is Cc1ccccc1N1CC(CCN)N(C)C(C)(C)C1. The molecule has 3 nitrogen and oxygen atoms in total. The zero-order chi connectivity index (χ0) is 14.0. The van der Waals surface area contributed by atoms with Gasteiger partial charge >= 0.3 is 0 Å². The zero-order valence-corrected chi connectivity index (χ0v) is 12.7. The van der Waals surface area contributed by atoms with Crippen LogP contribution >= 0.6 is 0 Å². The molecule has 106 valence electrons. The molecule has 1 aromatic rings. The van der Waals surface area contributed by atoms with Gasteiger partial charge in [0.25, 0.3) is 0 Å². The van der Waals surface area contributed by atoms with Gasteiger partial charge in [-0.25, -0.2) is 0 Å². The lowest BCUT2D eigenvalue weighted by Crippen LogP contribution is -2.63. The summed E-state index contributed by atoms with van der Waals surface area (Å²) < 4.78 is 0. The molecule has 1 saturated heterocycles. The number of nitrogens with zero attached hydrogens (tertiary/aromatic N) is 2. The molecule has 2 rings (SSSR count). The van der Waals surface area contributed by atoms with Gasteiger partial charge in [-0.1, -0.05) is 18.2 Å². The summed E-state index contributed by atoms with van der Waals surface area (Å²) >= 11 is 0. The fourth-order valence-electron chi connectivity index (χ4n) is 3.09. The second kappa shape index (κ2) is 5.51. The van der Waals surface area contributed by atoms with Gasteiger partial charge in [0.15, 0.2) is 0 Å². The first-order valence-electron chi connectivity index (χ1n) is 7.19. The minimum atomic E-state index is 0.181. The van der Waals surface area contributed by atoms with Crippen LogP contribution in [0.2, 0.25) is 0 Å². The molecule has 19 heavy (non-hydrogen) atoms. The highest BCUT2D eigenvalue weighted by Gasteiger charge is 2.37. The minimum absolute atomic E-state index is 0.181. The molecule has 0 aliphatic carbocycles. The predicted octanol–water partition coefficient (Wildman–Crippen LogP) is 2.24. The van der Waals surface area contributed by atoms with E-state index in [9.17, 15) is 0 Å². The highest BCUT2D eigenvalue weighted by atomic mass is 15.3. The van der Waals surface area contributed by atoms with E-state index in [2.05, 4.69) is 61.9 Å². The number of piperazine rings is 1. The standard InChI is InChI=1S/C16H27N3/c1-13-7-5-6-8-15(13)19-11-14(9-10-17)18(4)16(2,3)12-19/h5-8,14H,9-12,17H2,1-4H3. The third-order valence-electron chi connectivity index (χ3n) is 4.47. The first-order valence-corrected chi connectivity index (χ1v) is 7.19. The fraction of sp³-hybridized carbons (Fsp3) is 0.625. The molecule has 0 radical (unpaired) electrons. The van der Waals surface area contributed by atoms with Gasteiger partial charge in [0, 0.05) is 30.4 Å². The summed E-state index contributed by atoms with van der Waals surface area (Å²) in [6.07, 6.45) is 1.06. The lowest BCUT2D eigenvalue weighted by atomic mass is 9.93. The van der Waals surface area contributed by atoms with Gasteiger partial charge in [-0.15, -0.1) is 0 Å². The lowest BCUT2D eigenvalue weighted by molar-refractivity contribution is 0.0769. The molecule has 0 amide bonds. The smallest absolute Gasteiger partial charge is 0.0397 e. The van der Waals surface area contributed by atoms with E-state index < -0.39 is 0 Å². The molecule has 1 atom stereocenters. The average Bonchev–Trinajstić information content (AvgIpc) is 2.35. The topological polar surface area (TPSA) is 32.5 Å². The van der Waals surface area contributed by atoms with E-state index in [1.54, 1.807) is 0 Å². The molecule has 1 aromatic carbocycles. The summed E-state index contributed by atoms with van der Waals surface area (Å²) in [6.45, 7) is 9.73. The van der Waals surface area contributed by atoms with Crippen LogP contribution in [-0.4, -0.2) is 43.2 Å². The highest BCUT2D eigenvalue weighted by Crippen LogP contribution is 2.30. The van der Waals surface area contributed by atoms with E-state index in [1.165, 1.54) is 11.3 Å². The van der Waals surface area contributed by atoms with E-state index in [4.69, 9.17) is 5.73 Å². The third-order valence-corrected chi connectivity index (χ3v) is 4.47. The number of hydrogen-bond acceptors (Lipinski definition) is 3. The van der Waals surface area contributed by atoms with Crippen molar-refractivity contribution < 1.29 is 0 Å². The molecule has 0 saturated carbocycles. The Kier molecular flexibility index (Phi) is 4.16. The molecule has 1 aliphatic heterocycles. The number of rotatable bonds is 3. The molecule has 2 N–H and O–H groups in total. The number of para-hydroxylation sites is 1. The van der Waals surface area contributed by atoms with Crippen LogP contribution in [0.25, 0.3) is 0 Å². The number of benzene rings is 1. The van der Waals surface area contributed by atoms with Crippen molar-refractivity contribution >= 4 is 5.69 Å². The van der Waals surface area contributed by atoms with Crippen LogP contribution in [0.1, 0.15) is 25.8 Å². The Morgan fingerprint density at radius 1 is 1.32 bits per heavy atom. The molecule has 1 unspecified atom stereocenters. The first kappa shape index (κ1) is 14.4. The van der Waals surface area contributed by atoms with Crippen molar-refractivity contribution in [2.24, 2.45) is 5.73 Å². The van der Waals surface area contributed by atoms with Crippen LogP contribution in [0.5, 0.6) is 0 Å². The summed E-state index contributed by atoms with van der Waals surface area (Å²) in [5.74, 6) is 0. The Labute approximate surface area is 117 Å². The molecule has 1 aliphatic rings. The number of likely N-dealkylation sites (N-methyl/N-ethyl adjacent to an activating group) is 1. The number of aryl methyl sites for hydroxylation is 1. The summed E-state index contributed by atoms with van der Waals surface area (Å²) in [5, 5.41) is 0. The van der Waals surface area contributed by atoms with Gasteiger partial charge < -0.3 is 10.6 Å². The number of anilines is 1. The lowest BCUT2D eigenvalue weighted by Gasteiger charge is -2.51. The maximum Gasteiger partial charge on any atom is 0.0397 e. The second-order valence-corrected chi connectivity index (χ2v) is 6.32. The molecule has 1 fully saturated rings. The normalized spacial score (nSPS) is 23.6. The fourth-order valence-corrected chi connectivity index (χ4v) is 3.09. The van der Waals surface area contributed by atoms with E-state index in [1.807, 2.05) is 0 Å². The third kappa shape index (κ3) is 2.93. The molecule has 0 bridgehead atoms. The zero-order valence-electron chi connectivity index (χ0n) is 12.7. The van der Waals surface area contributed by atoms with Crippen molar-refractivity contribution in [2.45, 2.75) is 38.8 Å². The largest absolute Gasteiger partial charge is 0.368 e. The second-order valence-electron chi connectivity index (χ2n) is 6.32. The first-order chi connectivity index (χ1) is 8.95. The van der Waals surface area contributed by atoms with Crippen molar-refractivity contribution in [3.05, 3.63) is 29.8 Å². The maximum atomic E-state index is 5.78. The van der Waals surface area contributed by atoms with E-state index in [0.717, 1.165) is 26.1 Å². The van der Waals surface area contributed by atoms with Crippen LogP contribution in [-0.2, 0) is 0 Å². The minimum Gasteiger partial charge on any atom is -0.368 e. The molecule has 0 aromatic heterocycles. The maximum absolute atomic E-state index is 5.78. The van der Waals surface area contributed by atoms with Crippen molar-refractivity contribution in [3.63, 3.8) is 0 Å². The van der Waals surface area contributed by atoms with Crippen molar-refractivity contribution in [2.75, 3.05) is 31.6 Å². The molecular formula is C16H27N3. The van der Waals surface area contributed by atoms with Crippen LogP contribution in [0, 0.1) is 6.92 Å². The Morgan fingerprint density at radius 2 is 2.00 bits per heavy atom. The molecule has 1 heterocycles. The van der Waals surface area contributed by atoms with Crippen molar-refractivity contribution in [3.8, 4) is 0 Å². The highest BCUT2D eigenvalue weighted by molar-refractivity contribution is 5.54. The van der Waals surface area contributed by atoms with Crippen LogP contribution in [0.15, 0.2) is 24.3 Å². The average molecular weight is 261 g/mol. The Balaban J connectivity index is 2.25. The quantitative estimate of drug-likeness (QED) is 0.906. The van der Waals surface area contributed by atoms with Gasteiger partial charge in [-0.3, -0.25) is 4.90 Å². The predicted molar refractivity (Wildman–Crippen MR) is 82.7 cm³/mol. The summed E-state index contributed by atoms with van der Waals surface area (Å²) in [7, 11) is 2.23. The monoisotopic (exact) mass is 261 g/mol. The van der Waals surface area contributed by atoms with Crippen LogP contribution in [0.4, 0.5) is 5.69 Å². The molecular weight excluding hydrogens is 234 g/mol. The van der Waals surface area contributed by atoms with Crippen molar-refractivity contribution in [1.29, 1.82) is 0 Å². The van der Waals surface area contributed by atoms with E-state index in [-0.39, 0.29) is 5.54 Å². The van der Waals surface area contributed by atoms with Crippen LogP contribution in [0.3, 0.4) is 0 Å². The number of hydrogen-bond donors (Lipinski definition) is 1.